The number of rotatable bonds is 5. The van der Waals surface area contributed by atoms with Crippen LogP contribution in [0.2, 0.25) is 0 Å². The van der Waals surface area contributed by atoms with E-state index in [-0.39, 0.29) is 18.9 Å². The number of aryl methyl sites for hydroxylation is 3. The third kappa shape index (κ3) is 4.52. The lowest BCUT2D eigenvalue weighted by Crippen LogP contribution is -2.44. The molecule has 2 heterocycles. The van der Waals surface area contributed by atoms with E-state index in [9.17, 15) is 13.2 Å². The quantitative estimate of drug-likeness (QED) is 0.801. The van der Waals surface area contributed by atoms with Crippen LogP contribution in [0.1, 0.15) is 42.4 Å². The summed E-state index contributed by atoms with van der Waals surface area (Å²) in [6.07, 6.45) is 3.48. The third-order valence-corrected chi connectivity index (χ3v) is 7.78. The maximum absolute atomic E-state index is 12.7. The van der Waals surface area contributed by atoms with Gasteiger partial charge in [0.15, 0.2) is 0 Å². The second-order valence-corrected chi connectivity index (χ2v) is 9.89. The van der Waals surface area contributed by atoms with Crippen LogP contribution in [0.25, 0.3) is 0 Å². The first kappa shape index (κ1) is 20.3. The van der Waals surface area contributed by atoms with E-state index in [4.69, 9.17) is 0 Å². The van der Waals surface area contributed by atoms with E-state index >= 15 is 0 Å². The van der Waals surface area contributed by atoms with Crippen LogP contribution in [0.3, 0.4) is 0 Å². The van der Waals surface area contributed by atoms with Gasteiger partial charge in [-0.15, -0.1) is 0 Å². The highest BCUT2D eigenvalue weighted by atomic mass is 32.2. The summed E-state index contributed by atoms with van der Waals surface area (Å²) >= 11 is 0. The van der Waals surface area contributed by atoms with Crippen molar-refractivity contribution in [2.24, 2.45) is 5.41 Å². The highest BCUT2D eigenvalue weighted by Crippen LogP contribution is 2.36. The van der Waals surface area contributed by atoms with Gasteiger partial charge in [0.1, 0.15) is 0 Å². The lowest BCUT2D eigenvalue weighted by atomic mass is 9.78. The number of hydrogen-bond acceptors (Lipinski definition) is 4. The molecule has 150 valence electrons. The van der Waals surface area contributed by atoms with E-state index in [2.05, 4.69) is 10.0 Å². The lowest BCUT2D eigenvalue weighted by Gasteiger charge is -2.39. The fourth-order valence-electron chi connectivity index (χ4n) is 4.57. The minimum Gasteiger partial charge on any atom is -0.343 e. The van der Waals surface area contributed by atoms with Crippen LogP contribution in [0.5, 0.6) is 0 Å². The van der Waals surface area contributed by atoms with Crippen LogP contribution in [0.15, 0.2) is 17.0 Å². The average Bonchev–Trinajstić information content (AvgIpc) is 3.02. The molecule has 0 atom stereocenters. The Labute approximate surface area is 162 Å². The predicted molar refractivity (Wildman–Crippen MR) is 106 cm³/mol. The molecule has 1 spiro atoms. The minimum absolute atomic E-state index is 0.0378. The molecular weight excluding hydrogens is 362 g/mol. The van der Waals surface area contributed by atoms with Crippen molar-refractivity contribution in [3.63, 3.8) is 0 Å². The van der Waals surface area contributed by atoms with E-state index in [1.165, 1.54) is 6.42 Å². The Bertz CT molecular complexity index is 781. The van der Waals surface area contributed by atoms with Gasteiger partial charge < -0.3 is 10.2 Å². The molecule has 0 bridgehead atoms. The van der Waals surface area contributed by atoms with Crippen LogP contribution in [-0.2, 0) is 14.8 Å². The number of hydrogen-bond donors (Lipinski definition) is 2. The summed E-state index contributed by atoms with van der Waals surface area (Å²) < 4.78 is 27.9. The topological polar surface area (TPSA) is 78.5 Å². The van der Waals surface area contributed by atoms with E-state index in [0.29, 0.717) is 10.3 Å². The fraction of sp³-hybridized carbons (Fsp3) is 0.650. The summed E-state index contributed by atoms with van der Waals surface area (Å²) in [5.41, 5.74) is 2.88. The van der Waals surface area contributed by atoms with Crippen molar-refractivity contribution in [1.29, 1.82) is 0 Å². The Morgan fingerprint density at radius 2 is 1.78 bits per heavy atom. The maximum Gasteiger partial charge on any atom is 0.241 e. The predicted octanol–water partition coefficient (Wildman–Crippen LogP) is 1.88. The molecule has 2 saturated heterocycles. The zero-order valence-electron chi connectivity index (χ0n) is 16.6. The third-order valence-electron chi connectivity index (χ3n) is 6.01. The van der Waals surface area contributed by atoms with Crippen molar-refractivity contribution >= 4 is 15.9 Å². The number of benzene rings is 1. The minimum atomic E-state index is -3.61. The molecule has 2 aliphatic heterocycles. The number of carbonyl (C=O) groups is 1. The molecule has 7 heteroatoms. The Morgan fingerprint density at radius 3 is 2.33 bits per heavy atom. The van der Waals surface area contributed by atoms with Gasteiger partial charge in [-0.3, -0.25) is 4.79 Å². The van der Waals surface area contributed by atoms with E-state index in [1.54, 1.807) is 13.8 Å². The molecule has 0 unspecified atom stereocenters. The highest BCUT2D eigenvalue weighted by Gasteiger charge is 2.37. The first-order chi connectivity index (χ1) is 12.7. The molecule has 27 heavy (non-hydrogen) atoms. The van der Waals surface area contributed by atoms with Crippen molar-refractivity contribution in [2.45, 2.75) is 51.3 Å². The van der Waals surface area contributed by atoms with Gasteiger partial charge in [0.2, 0.25) is 15.9 Å². The SMILES string of the molecule is Cc1cc(C)c(S(=O)(=O)NCCC(=O)N2CCC3(CCNC3)CC2)c(C)c1. The molecule has 3 rings (SSSR count). The molecule has 1 amide bonds. The highest BCUT2D eigenvalue weighted by molar-refractivity contribution is 7.89. The zero-order chi connectivity index (χ0) is 19.7. The summed E-state index contributed by atoms with van der Waals surface area (Å²) in [6.45, 7) is 9.40. The molecule has 6 nitrogen and oxygen atoms in total. The van der Waals surface area contributed by atoms with Crippen LogP contribution in [0.4, 0.5) is 0 Å². The molecule has 2 fully saturated rings. The molecule has 1 aromatic rings. The number of sulfonamides is 1. The van der Waals surface area contributed by atoms with Crippen molar-refractivity contribution in [3.8, 4) is 0 Å². The van der Waals surface area contributed by atoms with E-state index < -0.39 is 10.0 Å². The Morgan fingerprint density at radius 1 is 1.15 bits per heavy atom. The smallest absolute Gasteiger partial charge is 0.241 e. The van der Waals surface area contributed by atoms with Gasteiger partial charge in [-0.05, 0) is 63.1 Å². The van der Waals surface area contributed by atoms with Crippen LogP contribution in [0, 0.1) is 26.2 Å². The summed E-state index contributed by atoms with van der Waals surface area (Å²) in [4.78, 5) is 14.7. The van der Waals surface area contributed by atoms with Crippen LogP contribution < -0.4 is 10.0 Å². The lowest BCUT2D eigenvalue weighted by molar-refractivity contribution is -0.133. The first-order valence-corrected chi connectivity index (χ1v) is 11.3. The number of nitrogens with zero attached hydrogens (tertiary/aromatic N) is 1. The van der Waals surface area contributed by atoms with Crippen LogP contribution >= 0.6 is 0 Å². The number of piperidine rings is 1. The van der Waals surface area contributed by atoms with E-state index in [1.807, 2.05) is 24.0 Å². The molecule has 0 radical (unpaired) electrons. The van der Waals surface area contributed by atoms with Gasteiger partial charge in [0.05, 0.1) is 4.90 Å². The number of amides is 1. The molecular formula is C20H31N3O3S. The largest absolute Gasteiger partial charge is 0.343 e. The Hall–Kier alpha value is -1.44. The number of carbonyl (C=O) groups excluding carboxylic acids is 1. The molecule has 0 aromatic heterocycles. The summed E-state index contributed by atoms with van der Waals surface area (Å²) in [5.74, 6) is 0.0378. The van der Waals surface area contributed by atoms with Crippen molar-refractivity contribution < 1.29 is 13.2 Å². The maximum atomic E-state index is 12.7. The molecule has 2 aliphatic rings. The Kier molecular flexibility index (Phi) is 5.93. The van der Waals surface area contributed by atoms with Crippen molar-refractivity contribution in [3.05, 3.63) is 28.8 Å². The fourth-order valence-corrected chi connectivity index (χ4v) is 6.05. The molecule has 0 saturated carbocycles. The van der Waals surface area contributed by atoms with Crippen LogP contribution in [-0.4, -0.2) is 51.9 Å². The van der Waals surface area contributed by atoms with Gasteiger partial charge in [-0.2, -0.15) is 0 Å². The number of nitrogens with one attached hydrogen (secondary N) is 2. The standard InChI is InChI=1S/C20H31N3O3S/c1-15-12-16(2)19(17(3)13-15)27(25,26)22-8-4-18(24)23-10-6-20(7-11-23)5-9-21-14-20/h12-13,21-22H,4-11,14H2,1-3H3. The molecule has 0 aliphatic carbocycles. The Balaban J connectivity index is 1.53. The van der Waals surface area contributed by atoms with Gasteiger partial charge in [-0.25, -0.2) is 13.1 Å². The van der Waals surface area contributed by atoms with Gasteiger partial charge in [0.25, 0.3) is 0 Å². The van der Waals surface area contributed by atoms with Crippen molar-refractivity contribution in [1.82, 2.24) is 14.9 Å². The molecule has 2 N–H and O–H groups in total. The monoisotopic (exact) mass is 393 g/mol. The van der Waals surface area contributed by atoms with Crippen molar-refractivity contribution in [2.75, 3.05) is 32.7 Å². The van der Waals surface area contributed by atoms with Gasteiger partial charge >= 0.3 is 0 Å². The first-order valence-electron chi connectivity index (χ1n) is 9.78. The normalized spacial score (nSPS) is 19.6. The zero-order valence-corrected chi connectivity index (χ0v) is 17.4. The summed E-state index contributed by atoms with van der Waals surface area (Å²) in [6, 6.07) is 3.74. The summed E-state index contributed by atoms with van der Waals surface area (Å²) in [7, 11) is -3.61. The molecule has 1 aromatic carbocycles. The van der Waals surface area contributed by atoms with Gasteiger partial charge in [0, 0.05) is 32.6 Å². The second kappa shape index (κ2) is 7.89. The van der Waals surface area contributed by atoms with E-state index in [0.717, 1.165) is 55.7 Å². The van der Waals surface area contributed by atoms with Gasteiger partial charge in [-0.1, -0.05) is 17.7 Å². The average molecular weight is 394 g/mol. The summed E-state index contributed by atoms with van der Waals surface area (Å²) in [5, 5.41) is 3.43. The second-order valence-electron chi connectivity index (χ2n) is 8.18. The number of likely N-dealkylation sites (tertiary alicyclic amines) is 1.